The van der Waals surface area contributed by atoms with Gasteiger partial charge in [-0.05, 0) is 47.7 Å². The molecule has 152 valence electrons. The Balaban J connectivity index is 1.72. The number of benzene rings is 2. The quantitative estimate of drug-likeness (QED) is 0.475. The zero-order valence-corrected chi connectivity index (χ0v) is 17.0. The van der Waals surface area contributed by atoms with Crippen molar-refractivity contribution in [3.8, 4) is 11.1 Å². The van der Waals surface area contributed by atoms with Crippen LogP contribution in [-0.4, -0.2) is 25.6 Å². The second-order valence-electron chi connectivity index (χ2n) is 7.49. The Morgan fingerprint density at radius 1 is 1.07 bits per heavy atom. The van der Waals surface area contributed by atoms with Crippen LogP contribution >= 0.6 is 0 Å². The van der Waals surface area contributed by atoms with Gasteiger partial charge in [0.05, 0.1) is 17.0 Å². The summed E-state index contributed by atoms with van der Waals surface area (Å²) in [7, 11) is 0. The van der Waals surface area contributed by atoms with Gasteiger partial charge < -0.3 is 14.6 Å². The van der Waals surface area contributed by atoms with E-state index in [4.69, 9.17) is 0 Å². The Morgan fingerprint density at radius 2 is 1.80 bits per heavy atom. The van der Waals surface area contributed by atoms with Crippen LogP contribution in [0.25, 0.3) is 16.8 Å². The van der Waals surface area contributed by atoms with Crippen LogP contribution in [0.15, 0.2) is 66.9 Å². The highest BCUT2D eigenvalue weighted by Gasteiger charge is 2.18. The Kier molecular flexibility index (Phi) is 5.38. The van der Waals surface area contributed by atoms with E-state index in [-0.39, 0.29) is 5.56 Å². The summed E-state index contributed by atoms with van der Waals surface area (Å²) in [6.07, 6.45) is 3.09. The van der Waals surface area contributed by atoms with Crippen LogP contribution in [0.1, 0.15) is 52.3 Å². The number of nitrogens with zero attached hydrogens (tertiary/aromatic N) is 2. The van der Waals surface area contributed by atoms with E-state index in [1.54, 1.807) is 18.2 Å². The van der Waals surface area contributed by atoms with Crippen LogP contribution in [0.2, 0.25) is 0 Å². The van der Waals surface area contributed by atoms with Gasteiger partial charge in [-0.25, -0.2) is 9.78 Å². The predicted molar refractivity (Wildman–Crippen MR) is 117 cm³/mol. The number of hydrogen-bond donors (Lipinski definition) is 2. The van der Waals surface area contributed by atoms with Gasteiger partial charge in [-0.2, -0.15) is 0 Å². The first-order valence-corrected chi connectivity index (χ1v) is 10.1. The number of fused-ring (bicyclic) bond motifs is 1. The summed E-state index contributed by atoms with van der Waals surface area (Å²) in [6.45, 7) is 4.10. The van der Waals surface area contributed by atoms with E-state index in [1.807, 2.05) is 60.0 Å². The fraction of sp³-hybridized carbons (Fsp3) is 0.200. The highest BCUT2D eigenvalue weighted by molar-refractivity contribution is 5.96. The molecular formula is C25H24N2O3. The molecule has 0 saturated heterocycles. The molecule has 0 aliphatic heterocycles. The van der Waals surface area contributed by atoms with Crippen molar-refractivity contribution in [1.29, 1.82) is 0 Å². The maximum Gasteiger partial charge on any atom is 0.336 e. The second kappa shape index (κ2) is 8.13. The van der Waals surface area contributed by atoms with E-state index in [0.29, 0.717) is 5.56 Å². The third kappa shape index (κ3) is 3.60. The maximum absolute atomic E-state index is 11.5. The van der Waals surface area contributed by atoms with E-state index in [2.05, 4.69) is 11.9 Å². The largest absolute Gasteiger partial charge is 0.478 e. The summed E-state index contributed by atoms with van der Waals surface area (Å²) in [5.41, 5.74) is 6.06. The lowest BCUT2D eigenvalue weighted by atomic mass is 9.96. The van der Waals surface area contributed by atoms with Crippen LogP contribution in [0.4, 0.5) is 0 Å². The first-order chi connectivity index (χ1) is 14.5. The lowest BCUT2D eigenvalue weighted by Crippen LogP contribution is -2.08. The van der Waals surface area contributed by atoms with Crippen LogP contribution in [0, 0.1) is 6.92 Å². The van der Waals surface area contributed by atoms with Crippen molar-refractivity contribution in [2.45, 2.75) is 32.8 Å². The van der Waals surface area contributed by atoms with Crippen molar-refractivity contribution in [2.24, 2.45) is 0 Å². The Labute approximate surface area is 175 Å². The molecule has 0 fully saturated rings. The fourth-order valence-corrected chi connectivity index (χ4v) is 3.88. The van der Waals surface area contributed by atoms with Gasteiger partial charge in [0.1, 0.15) is 11.8 Å². The molecule has 0 aliphatic rings. The molecule has 5 nitrogen and oxygen atoms in total. The van der Waals surface area contributed by atoms with Crippen LogP contribution in [-0.2, 0) is 6.42 Å². The minimum atomic E-state index is -0.958. The summed E-state index contributed by atoms with van der Waals surface area (Å²) >= 11 is 0. The lowest BCUT2D eigenvalue weighted by Gasteiger charge is -2.17. The van der Waals surface area contributed by atoms with Crippen LogP contribution in [0.3, 0.4) is 0 Å². The maximum atomic E-state index is 11.5. The summed E-state index contributed by atoms with van der Waals surface area (Å²) in [6, 6.07) is 18.3. The molecule has 1 atom stereocenters. The minimum Gasteiger partial charge on any atom is -0.478 e. The molecule has 1 unspecified atom stereocenters. The van der Waals surface area contributed by atoms with Gasteiger partial charge >= 0.3 is 5.97 Å². The molecule has 2 N–H and O–H groups in total. The number of rotatable bonds is 6. The van der Waals surface area contributed by atoms with Crippen molar-refractivity contribution >= 4 is 11.6 Å². The van der Waals surface area contributed by atoms with E-state index >= 15 is 0 Å². The number of pyridine rings is 1. The first kappa shape index (κ1) is 19.9. The molecule has 4 rings (SSSR count). The number of aliphatic hydroxyl groups is 1. The van der Waals surface area contributed by atoms with Crippen molar-refractivity contribution in [3.63, 3.8) is 0 Å². The molecule has 0 radical (unpaired) electrons. The third-order valence-electron chi connectivity index (χ3n) is 5.39. The molecule has 4 aromatic rings. The van der Waals surface area contributed by atoms with Crippen molar-refractivity contribution in [2.75, 3.05) is 0 Å². The lowest BCUT2D eigenvalue weighted by molar-refractivity contribution is 0.0697. The SMILES string of the molecule is CCCc1cn2c(C(O)c3ccc(-c4ccccc4C(=O)O)cc3)c(C)ccc2n1. The summed E-state index contributed by atoms with van der Waals surface area (Å²) in [4.78, 5) is 16.2. The van der Waals surface area contributed by atoms with Crippen LogP contribution < -0.4 is 0 Å². The summed E-state index contributed by atoms with van der Waals surface area (Å²) < 4.78 is 1.97. The molecule has 0 bridgehead atoms. The minimum absolute atomic E-state index is 0.258. The van der Waals surface area contributed by atoms with Crippen LogP contribution in [0.5, 0.6) is 0 Å². The number of aromatic carboxylic acids is 1. The Bertz CT molecular complexity index is 1210. The number of aryl methyl sites for hydroxylation is 2. The van der Waals surface area contributed by atoms with E-state index in [0.717, 1.165) is 46.6 Å². The number of carboxylic acids is 1. The highest BCUT2D eigenvalue weighted by atomic mass is 16.4. The Morgan fingerprint density at radius 3 is 2.50 bits per heavy atom. The molecule has 0 spiro atoms. The number of imidazole rings is 1. The number of carbonyl (C=O) groups is 1. The third-order valence-corrected chi connectivity index (χ3v) is 5.39. The molecule has 2 aromatic carbocycles. The predicted octanol–water partition coefficient (Wildman–Crippen LogP) is 5.04. The molecule has 2 heterocycles. The topological polar surface area (TPSA) is 74.8 Å². The summed E-state index contributed by atoms with van der Waals surface area (Å²) in [5, 5.41) is 20.6. The number of carboxylic acid groups (broad SMARTS) is 1. The summed E-state index contributed by atoms with van der Waals surface area (Å²) in [5.74, 6) is -0.958. The molecule has 0 amide bonds. The number of aliphatic hydroxyl groups excluding tert-OH is 1. The van der Waals surface area contributed by atoms with E-state index < -0.39 is 12.1 Å². The van der Waals surface area contributed by atoms with Gasteiger partial charge in [0.25, 0.3) is 0 Å². The molecule has 30 heavy (non-hydrogen) atoms. The van der Waals surface area contributed by atoms with Gasteiger partial charge in [0.15, 0.2) is 0 Å². The van der Waals surface area contributed by atoms with Crippen molar-refractivity contribution in [1.82, 2.24) is 9.38 Å². The Hall–Kier alpha value is -3.44. The van der Waals surface area contributed by atoms with Gasteiger partial charge in [-0.1, -0.05) is 61.9 Å². The normalized spacial score (nSPS) is 12.2. The van der Waals surface area contributed by atoms with E-state index in [9.17, 15) is 15.0 Å². The highest BCUT2D eigenvalue weighted by Crippen LogP contribution is 2.29. The van der Waals surface area contributed by atoms with Gasteiger partial charge in [0, 0.05) is 6.20 Å². The molecule has 5 heteroatoms. The average Bonchev–Trinajstić information content (AvgIpc) is 3.16. The molecule has 0 saturated carbocycles. The van der Waals surface area contributed by atoms with Gasteiger partial charge in [0.2, 0.25) is 0 Å². The fourth-order valence-electron chi connectivity index (χ4n) is 3.88. The van der Waals surface area contributed by atoms with Gasteiger partial charge in [-0.15, -0.1) is 0 Å². The van der Waals surface area contributed by atoms with Gasteiger partial charge in [-0.3, -0.25) is 0 Å². The zero-order valence-electron chi connectivity index (χ0n) is 17.0. The van der Waals surface area contributed by atoms with Crippen molar-refractivity contribution < 1.29 is 15.0 Å². The number of hydrogen-bond acceptors (Lipinski definition) is 3. The molecule has 0 aliphatic carbocycles. The smallest absolute Gasteiger partial charge is 0.336 e. The number of aromatic nitrogens is 2. The first-order valence-electron chi connectivity index (χ1n) is 10.1. The standard InChI is InChI=1S/C25H24N2O3/c1-3-6-19-15-27-22(26-19)14-9-16(2)23(27)24(28)18-12-10-17(11-13-18)20-7-4-5-8-21(20)25(29)30/h4-5,7-15,24,28H,3,6H2,1-2H3,(H,29,30). The van der Waals surface area contributed by atoms with E-state index in [1.165, 1.54) is 0 Å². The zero-order chi connectivity index (χ0) is 21.3. The molecule has 2 aromatic heterocycles. The second-order valence-corrected chi connectivity index (χ2v) is 7.49. The average molecular weight is 400 g/mol. The molecular weight excluding hydrogens is 376 g/mol. The monoisotopic (exact) mass is 400 g/mol. The van der Waals surface area contributed by atoms with Crippen molar-refractivity contribution in [3.05, 3.63) is 94.9 Å².